The number of rotatable bonds is 6. The normalized spacial score (nSPS) is 19.1. The van der Waals surface area contributed by atoms with E-state index in [0.29, 0.717) is 0 Å². The molecule has 0 saturated carbocycles. The van der Waals surface area contributed by atoms with Gasteiger partial charge in [0.2, 0.25) is 0 Å². The second kappa shape index (κ2) is 6.38. The second-order valence-corrected chi connectivity index (χ2v) is 5.35. The highest BCUT2D eigenvalue weighted by Crippen LogP contribution is 2.13. The van der Waals surface area contributed by atoms with Gasteiger partial charge in [0.25, 0.3) is 0 Å². The highest BCUT2D eigenvalue weighted by Gasteiger charge is 2.19. The first-order valence-electron chi connectivity index (χ1n) is 6.36. The van der Waals surface area contributed by atoms with Gasteiger partial charge in [0.15, 0.2) is 0 Å². The summed E-state index contributed by atoms with van der Waals surface area (Å²) in [5.41, 5.74) is 1.42. The van der Waals surface area contributed by atoms with Crippen LogP contribution in [0.1, 0.15) is 31.7 Å². The first kappa shape index (κ1) is 12.1. The Morgan fingerprint density at radius 1 is 1.44 bits per heavy atom. The topological polar surface area (TPSA) is 15.3 Å². The molecule has 0 bridgehead atoms. The van der Waals surface area contributed by atoms with Crippen LogP contribution in [-0.4, -0.2) is 30.6 Å². The van der Waals surface area contributed by atoms with Crippen molar-refractivity contribution in [2.24, 2.45) is 0 Å². The van der Waals surface area contributed by atoms with Gasteiger partial charge in [-0.3, -0.25) is 4.90 Å². The highest BCUT2D eigenvalue weighted by atomic mass is 32.1. The molecule has 1 fully saturated rings. The largest absolute Gasteiger partial charge is 0.311 e. The van der Waals surface area contributed by atoms with E-state index >= 15 is 0 Å². The first-order chi connectivity index (χ1) is 7.90. The van der Waals surface area contributed by atoms with E-state index in [1.165, 1.54) is 37.9 Å². The lowest BCUT2D eigenvalue weighted by Gasteiger charge is -2.26. The van der Waals surface area contributed by atoms with Gasteiger partial charge < -0.3 is 5.32 Å². The zero-order valence-corrected chi connectivity index (χ0v) is 10.9. The molecule has 0 aliphatic carbocycles. The molecule has 0 aromatic carbocycles. The Bertz CT molecular complexity index is 278. The van der Waals surface area contributed by atoms with E-state index in [1.54, 1.807) is 11.3 Å². The Balaban J connectivity index is 1.70. The van der Waals surface area contributed by atoms with Crippen molar-refractivity contribution in [3.63, 3.8) is 0 Å². The smallest absolute Gasteiger partial charge is 0.0218 e. The summed E-state index contributed by atoms with van der Waals surface area (Å²) in [5, 5.41) is 7.95. The van der Waals surface area contributed by atoms with E-state index in [4.69, 9.17) is 0 Å². The number of hydrogen-bond donors (Lipinski definition) is 1. The molecule has 1 atom stereocenters. The molecular weight excluding hydrogens is 216 g/mol. The van der Waals surface area contributed by atoms with Crippen molar-refractivity contribution >= 4 is 11.3 Å². The molecular formula is C13H22N2S. The standard InChI is InChI=1S/C13H22N2S/c1-2-13(15-6-3-4-7-15)10-14-9-12-5-8-16-11-12/h5,8,11,13-14H,2-4,6-7,9-10H2,1H3. The molecule has 0 spiro atoms. The van der Waals surface area contributed by atoms with Crippen molar-refractivity contribution in [1.82, 2.24) is 10.2 Å². The van der Waals surface area contributed by atoms with Crippen LogP contribution in [0.4, 0.5) is 0 Å². The molecule has 1 aromatic heterocycles. The van der Waals surface area contributed by atoms with Gasteiger partial charge in [-0.15, -0.1) is 0 Å². The summed E-state index contributed by atoms with van der Waals surface area (Å²) in [6.07, 6.45) is 4.04. The van der Waals surface area contributed by atoms with Crippen molar-refractivity contribution in [3.05, 3.63) is 22.4 Å². The molecule has 90 valence electrons. The Hall–Kier alpha value is -0.380. The molecule has 1 aliphatic heterocycles. The monoisotopic (exact) mass is 238 g/mol. The van der Waals surface area contributed by atoms with Crippen molar-refractivity contribution in [3.8, 4) is 0 Å². The average molecular weight is 238 g/mol. The van der Waals surface area contributed by atoms with Crippen LogP contribution in [0, 0.1) is 0 Å². The van der Waals surface area contributed by atoms with Crippen LogP contribution in [-0.2, 0) is 6.54 Å². The van der Waals surface area contributed by atoms with Crippen LogP contribution in [0.5, 0.6) is 0 Å². The van der Waals surface area contributed by atoms with E-state index < -0.39 is 0 Å². The number of likely N-dealkylation sites (tertiary alicyclic amines) is 1. The average Bonchev–Trinajstić information content (AvgIpc) is 2.96. The Morgan fingerprint density at radius 3 is 2.88 bits per heavy atom. The fourth-order valence-electron chi connectivity index (χ4n) is 2.41. The number of thiophene rings is 1. The molecule has 1 N–H and O–H groups in total. The molecule has 2 heterocycles. The molecule has 1 aromatic rings. The van der Waals surface area contributed by atoms with Crippen molar-refractivity contribution in [2.45, 2.75) is 38.8 Å². The fraction of sp³-hybridized carbons (Fsp3) is 0.692. The van der Waals surface area contributed by atoms with E-state index in [9.17, 15) is 0 Å². The molecule has 0 amide bonds. The van der Waals surface area contributed by atoms with Crippen LogP contribution in [0.2, 0.25) is 0 Å². The van der Waals surface area contributed by atoms with Crippen molar-refractivity contribution in [2.75, 3.05) is 19.6 Å². The molecule has 1 saturated heterocycles. The zero-order valence-electron chi connectivity index (χ0n) is 10.1. The highest BCUT2D eigenvalue weighted by molar-refractivity contribution is 7.07. The Kier molecular flexibility index (Phi) is 4.82. The SMILES string of the molecule is CCC(CNCc1ccsc1)N1CCCC1. The van der Waals surface area contributed by atoms with Gasteiger partial charge in [-0.2, -0.15) is 11.3 Å². The van der Waals surface area contributed by atoms with Crippen LogP contribution < -0.4 is 5.32 Å². The summed E-state index contributed by atoms with van der Waals surface area (Å²) in [4.78, 5) is 2.64. The maximum atomic E-state index is 3.58. The number of nitrogens with zero attached hydrogens (tertiary/aromatic N) is 1. The Labute approximate surface area is 103 Å². The second-order valence-electron chi connectivity index (χ2n) is 4.57. The van der Waals surface area contributed by atoms with Crippen LogP contribution in [0.15, 0.2) is 16.8 Å². The summed E-state index contributed by atoms with van der Waals surface area (Å²) in [6.45, 7) is 7.06. The molecule has 0 radical (unpaired) electrons. The van der Waals surface area contributed by atoms with Gasteiger partial charge in [-0.25, -0.2) is 0 Å². The predicted octanol–water partition coefficient (Wildman–Crippen LogP) is 2.71. The lowest BCUT2D eigenvalue weighted by Crippen LogP contribution is -2.40. The summed E-state index contributed by atoms with van der Waals surface area (Å²) in [6, 6.07) is 2.94. The summed E-state index contributed by atoms with van der Waals surface area (Å²) in [7, 11) is 0. The van der Waals surface area contributed by atoms with E-state index in [0.717, 1.165) is 19.1 Å². The molecule has 1 unspecified atom stereocenters. The molecule has 16 heavy (non-hydrogen) atoms. The minimum Gasteiger partial charge on any atom is -0.311 e. The predicted molar refractivity (Wildman–Crippen MR) is 70.9 cm³/mol. The fourth-order valence-corrected chi connectivity index (χ4v) is 3.08. The van der Waals surface area contributed by atoms with E-state index in [-0.39, 0.29) is 0 Å². The van der Waals surface area contributed by atoms with E-state index in [2.05, 4.69) is 34.0 Å². The summed E-state index contributed by atoms with van der Waals surface area (Å²) >= 11 is 1.78. The zero-order chi connectivity index (χ0) is 11.2. The maximum Gasteiger partial charge on any atom is 0.0218 e. The van der Waals surface area contributed by atoms with E-state index in [1.807, 2.05) is 0 Å². The third kappa shape index (κ3) is 3.30. The molecule has 1 aliphatic rings. The Morgan fingerprint density at radius 2 is 2.25 bits per heavy atom. The van der Waals surface area contributed by atoms with Crippen LogP contribution in [0.25, 0.3) is 0 Å². The van der Waals surface area contributed by atoms with Crippen molar-refractivity contribution in [1.29, 1.82) is 0 Å². The van der Waals surface area contributed by atoms with Gasteiger partial charge >= 0.3 is 0 Å². The third-order valence-electron chi connectivity index (χ3n) is 3.42. The van der Waals surface area contributed by atoms with Gasteiger partial charge in [0, 0.05) is 19.1 Å². The number of hydrogen-bond acceptors (Lipinski definition) is 3. The lowest BCUT2D eigenvalue weighted by atomic mass is 10.2. The van der Waals surface area contributed by atoms with Crippen LogP contribution >= 0.6 is 11.3 Å². The van der Waals surface area contributed by atoms with Gasteiger partial charge in [-0.1, -0.05) is 6.92 Å². The molecule has 2 rings (SSSR count). The minimum atomic E-state index is 0.737. The quantitative estimate of drug-likeness (QED) is 0.820. The lowest BCUT2D eigenvalue weighted by molar-refractivity contribution is 0.229. The summed E-state index contributed by atoms with van der Waals surface area (Å²) < 4.78 is 0. The minimum absolute atomic E-state index is 0.737. The molecule has 3 heteroatoms. The van der Waals surface area contributed by atoms with Crippen LogP contribution in [0.3, 0.4) is 0 Å². The van der Waals surface area contributed by atoms with Gasteiger partial charge in [0.05, 0.1) is 0 Å². The number of nitrogens with one attached hydrogen (secondary N) is 1. The summed E-state index contributed by atoms with van der Waals surface area (Å²) in [5.74, 6) is 0. The molecule has 2 nitrogen and oxygen atoms in total. The van der Waals surface area contributed by atoms with Gasteiger partial charge in [-0.05, 0) is 54.7 Å². The maximum absolute atomic E-state index is 3.58. The third-order valence-corrected chi connectivity index (χ3v) is 4.15. The van der Waals surface area contributed by atoms with Crippen molar-refractivity contribution < 1.29 is 0 Å². The van der Waals surface area contributed by atoms with Gasteiger partial charge in [0.1, 0.15) is 0 Å². The first-order valence-corrected chi connectivity index (χ1v) is 7.30.